The normalized spacial score (nSPS) is 21.3. The zero-order chi connectivity index (χ0) is 11.2. The molecular formula is C14H18O2. The van der Waals surface area contributed by atoms with Crippen LogP contribution in [0.1, 0.15) is 36.8 Å². The monoisotopic (exact) mass is 218 g/mol. The molecule has 0 unspecified atom stereocenters. The maximum absolute atomic E-state index is 9.94. The molecule has 0 bridgehead atoms. The Labute approximate surface area is 96.2 Å². The van der Waals surface area contributed by atoms with E-state index in [1.165, 1.54) is 31.2 Å². The van der Waals surface area contributed by atoms with Crippen molar-refractivity contribution in [1.82, 2.24) is 0 Å². The first-order valence-electron chi connectivity index (χ1n) is 6.12. The molecule has 0 amide bonds. The van der Waals surface area contributed by atoms with Crippen LogP contribution >= 0.6 is 0 Å². The van der Waals surface area contributed by atoms with Crippen LogP contribution in [0.5, 0.6) is 11.5 Å². The van der Waals surface area contributed by atoms with Crippen molar-refractivity contribution < 1.29 is 9.84 Å². The molecule has 16 heavy (non-hydrogen) atoms. The first-order chi connectivity index (χ1) is 7.74. The summed E-state index contributed by atoms with van der Waals surface area (Å²) in [5, 5.41) is 9.94. The Morgan fingerprint density at radius 3 is 2.50 bits per heavy atom. The third-order valence-electron chi connectivity index (χ3n) is 4.35. The molecule has 2 aliphatic rings. The lowest BCUT2D eigenvalue weighted by Gasteiger charge is -2.21. The van der Waals surface area contributed by atoms with Crippen molar-refractivity contribution in [2.75, 3.05) is 7.11 Å². The molecule has 0 saturated heterocycles. The summed E-state index contributed by atoms with van der Waals surface area (Å²) in [6.45, 7) is 0. The van der Waals surface area contributed by atoms with E-state index >= 15 is 0 Å². The topological polar surface area (TPSA) is 29.5 Å². The van der Waals surface area contributed by atoms with Crippen LogP contribution in [0.25, 0.3) is 0 Å². The third kappa shape index (κ3) is 1.32. The molecule has 86 valence electrons. The van der Waals surface area contributed by atoms with Gasteiger partial charge in [-0.25, -0.2) is 0 Å². The summed E-state index contributed by atoms with van der Waals surface area (Å²) in [4.78, 5) is 0. The van der Waals surface area contributed by atoms with Crippen LogP contribution < -0.4 is 4.74 Å². The maximum atomic E-state index is 9.94. The molecule has 1 saturated carbocycles. The van der Waals surface area contributed by atoms with E-state index in [2.05, 4.69) is 0 Å². The SMILES string of the molecule is COc1ccc(O)c2c1CC1(CCCC1)C2. The standard InChI is InChI=1S/C14H18O2/c1-16-13-5-4-12(15)10-8-14(9-11(10)13)6-2-3-7-14/h4-5,15H,2-3,6-9H2,1H3. The number of benzene rings is 1. The Morgan fingerprint density at radius 2 is 1.81 bits per heavy atom. The van der Waals surface area contributed by atoms with Gasteiger partial charge in [-0.2, -0.15) is 0 Å². The fourth-order valence-corrected chi connectivity index (χ4v) is 3.53. The summed E-state index contributed by atoms with van der Waals surface area (Å²) in [5.41, 5.74) is 2.83. The number of rotatable bonds is 1. The van der Waals surface area contributed by atoms with Gasteiger partial charge in [0.1, 0.15) is 11.5 Å². The highest BCUT2D eigenvalue weighted by Crippen LogP contribution is 2.52. The Hall–Kier alpha value is -1.18. The van der Waals surface area contributed by atoms with Gasteiger partial charge in [0, 0.05) is 11.1 Å². The van der Waals surface area contributed by atoms with E-state index in [-0.39, 0.29) is 0 Å². The van der Waals surface area contributed by atoms with Crippen molar-refractivity contribution in [2.45, 2.75) is 38.5 Å². The Morgan fingerprint density at radius 1 is 1.12 bits per heavy atom. The molecule has 0 aliphatic heterocycles. The second-order valence-electron chi connectivity index (χ2n) is 5.30. The molecule has 1 aromatic rings. The zero-order valence-corrected chi connectivity index (χ0v) is 9.75. The van der Waals surface area contributed by atoms with Crippen molar-refractivity contribution in [3.8, 4) is 11.5 Å². The number of ether oxygens (including phenoxy) is 1. The molecule has 0 aromatic heterocycles. The predicted octanol–water partition coefficient (Wildman–Crippen LogP) is 3.06. The number of hydrogen-bond donors (Lipinski definition) is 1. The lowest BCUT2D eigenvalue weighted by atomic mass is 9.83. The minimum atomic E-state index is 0.439. The highest BCUT2D eigenvalue weighted by atomic mass is 16.5. The fraction of sp³-hybridized carbons (Fsp3) is 0.571. The van der Waals surface area contributed by atoms with Gasteiger partial charge in [-0.05, 0) is 43.2 Å². The summed E-state index contributed by atoms with van der Waals surface area (Å²) in [6, 6.07) is 3.66. The zero-order valence-electron chi connectivity index (χ0n) is 9.75. The van der Waals surface area contributed by atoms with E-state index in [0.29, 0.717) is 11.2 Å². The van der Waals surface area contributed by atoms with Gasteiger partial charge in [0.15, 0.2) is 0 Å². The van der Waals surface area contributed by atoms with Crippen molar-refractivity contribution >= 4 is 0 Å². The maximum Gasteiger partial charge on any atom is 0.122 e. The van der Waals surface area contributed by atoms with Crippen LogP contribution in [0.4, 0.5) is 0 Å². The highest BCUT2D eigenvalue weighted by Gasteiger charge is 2.41. The van der Waals surface area contributed by atoms with Gasteiger partial charge < -0.3 is 9.84 Å². The molecule has 3 rings (SSSR count). The average Bonchev–Trinajstić information content (AvgIpc) is 2.88. The van der Waals surface area contributed by atoms with Crippen LogP contribution in [-0.4, -0.2) is 12.2 Å². The summed E-state index contributed by atoms with van der Waals surface area (Å²) in [7, 11) is 1.71. The fourth-order valence-electron chi connectivity index (χ4n) is 3.53. The van der Waals surface area contributed by atoms with Crippen molar-refractivity contribution in [2.24, 2.45) is 5.41 Å². The van der Waals surface area contributed by atoms with E-state index < -0.39 is 0 Å². The van der Waals surface area contributed by atoms with Crippen LogP contribution in [-0.2, 0) is 12.8 Å². The average molecular weight is 218 g/mol. The van der Waals surface area contributed by atoms with Gasteiger partial charge in [-0.15, -0.1) is 0 Å². The number of phenolic OH excluding ortho intramolecular Hbond substituents is 1. The van der Waals surface area contributed by atoms with Crippen molar-refractivity contribution in [1.29, 1.82) is 0 Å². The van der Waals surface area contributed by atoms with Gasteiger partial charge in [-0.1, -0.05) is 12.8 Å². The van der Waals surface area contributed by atoms with Gasteiger partial charge in [0.05, 0.1) is 7.11 Å². The van der Waals surface area contributed by atoms with Gasteiger partial charge >= 0.3 is 0 Å². The van der Waals surface area contributed by atoms with Gasteiger partial charge in [-0.3, -0.25) is 0 Å². The molecule has 0 radical (unpaired) electrons. The summed E-state index contributed by atoms with van der Waals surface area (Å²) >= 11 is 0. The Bertz CT molecular complexity index is 417. The predicted molar refractivity (Wildman–Crippen MR) is 63.0 cm³/mol. The molecular weight excluding hydrogens is 200 g/mol. The van der Waals surface area contributed by atoms with Crippen LogP contribution in [0.3, 0.4) is 0 Å². The first-order valence-corrected chi connectivity index (χ1v) is 6.12. The summed E-state index contributed by atoms with van der Waals surface area (Å²) < 4.78 is 5.40. The first kappa shape index (κ1) is 10.0. The van der Waals surface area contributed by atoms with Crippen LogP contribution in [0.2, 0.25) is 0 Å². The van der Waals surface area contributed by atoms with E-state index in [4.69, 9.17) is 4.74 Å². The molecule has 2 nitrogen and oxygen atoms in total. The minimum absolute atomic E-state index is 0.439. The van der Waals surface area contributed by atoms with E-state index in [0.717, 1.165) is 24.2 Å². The van der Waals surface area contributed by atoms with Gasteiger partial charge in [0.25, 0.3) is 0 Å². The summed E-state index contributed by atoms with van der Waals surface area (Å²) in [5.74, 6) is 1.41. The lowest BCUT2D eigenvalue weighted by molar-refractivity contribution is 0.312. The van der Waals surface area contributed by atoms with E-state index in [1.54, 1.807) is 13.2 Å². The van der Waals surface area contributed by atoms with E-state index in [9.17, 15) is 5.11 Å². The quantitative estimate of drug-likeness (QED) is 0.785. The molecule has 0 heterocycles. The molecule has 1 spiro atoms. The number of methoxy groups -OCH3 is 1. The van der Waals surface area contributed by atoms with Crippen molar-refractivity contribution in [3.63, 3.8) is 0 Å². The second kappa shape index (κ2) is 3.41. The number of fused-ring (bicyclic) bond motifs is 1. The number of aromatic hydroxyl groups is 1. The lowest BCUT2D eigenvalue weighted by Crippen LogP contribution is -2.15. The van der Waals surface area contributed by atoms with Gasteiger partial charge in [0.2, 0.25) is 0 Å². The largest absolute Gasteiger partial charge is 0.508 e. The molecule has 0 atom stereocenters. The highest BCUT2D eigenvalue weighted by molar-refractivity contribution is 5.52. The minimum Gasteiger partial charge on any atom is -0.508 e. The number of phenols is 1. The van der Waals surface area contributed by atoms with Crippen LogP contribution in [0.15, 0.2) is 12.1 Å². The van der Waals surface area contributed by atoms with Crippen LogP contribution in [0, 0.1) is 5.41 Å². The van der Waals surface area contributed by atoms with E-state index in [1.807, 2.05) is 6.07 Å². The number of hydrogen-bond acceptors (Lipinski definition) is 2. The molecule has 1 N–H and O–H groups in total. The Kier molecular flexibility index (Phi) is 2.13. The third-order valence-corrected chi connectivity index (χ3v) is 4.35. The summed E-state index contributed by atoms with van der Waals surface area (Å²) in [6.07, 6.45) is 7.45. The Balaban J connectivity index is 2.04. The molecule has 1 aromatic carbocycles. The molecule has 2 aliphatic carbocycles. The molecule has 2 heteroatoms. The smallest absolute Gasteiger partial charge is 0.122 e. The van der Waals surface area contributed by atoms with Crippen molar-refractivity contribution in [3.05, 3.63) is 23.3 Å². The molecule has 1 fully saturated rings. The second-order valence-corrected chi connectivity index (χ2v) is 5.30.